The maximum Gasteiger partial charge on any atom is 0.308 e. The fourth-order valence-corrected chi connectivity index (χ4v) is 8.02. The number of methoxy groups -OCH3 is 1. The molecule has 2 aliphatic heterocycles. The number of aryl methyl sites for hydroxylation is 1. The molecule has 1 N–H and O–H groups in total. The zero-order valence-corrected chi connectivity index (χ0v) is 23.6. The van der Waals surface area contributed by atoms with E-state index in [4.69, 9.17) is 4.74 Å². The summed E-state index contributed by atoms with van der Waals surface area (Å²) >= 11 is 2.13. The first-order chi connectivity index (χ1) is 19.7. The van der Waals surface area contributed by atoms with Crippen LogP contribution in [0, 0.1) is 18.7 Å². The lowest BCUT2D eigenvalue weighted by Crippen LogP contribution is -2.33. The number of amides is 3. The minimum Gasteiger partial charge on any atom is -0.497 e. The van der Waals surface area contributed by atoms with E-state index in [1.807, 2.05) is 31.2 Å². The maximum absolute atomic E-state index is 13.9. The Balaban J connectivity index is 1.40. The predicted molar refractivity (Wildman–Crippen MR) is 155 cm³/mol. The molecule has 1 saturated heterocycles. The minimum atomic E-state index is -0.788. The molecule has 1 aromatic heterocycles. The van der Waals surface area contributed by atoms with Crippen molar-refractivity contribution >= 4 is 52.2 Å². The summed E-state index contributed by atoms with van der Waals surface area (Å²) < 4.78 is 19.9. The average molecular weight is 590 g/mol. The lowest BCUT2D eigenvalue weighted by Gasteiger charge is -2.30. The lowest BCUT2D eigenvalue weighted by atomic mass is 9.83. The van der Waals surface area contributed by atoms with E-state index in [1.165, 1.54) is 33.7 Å². The molecule has 3 amide bonds. The molecule has 0 spiro atoms. The van der Waals surface area contributed by atoms with Crippen molar-refractivity contribution < 1.29 is 23.5 Å². The highest BCUT2D eigenvalue weighted by Gasteiger charge is 2.56. The van der Waals surface area contributed by atoms with Crippen LogP contribution in [0.15, 0.2) is 82.6 Å². The summed E-state index contributed by atoms with van der Waals surface area (Å²) in [6.07, 6.45) is 0. The standard InChI is InChI=1S/C30H24FN3O5S2/c1-16-3-11-20(12-4-16)34-27(36)24-23(17-5-13-21(39-2)14-6-17)26-29(40-25(24)28(34)37)33(30(38)41-26)15-22(35)32-19-9-7-18(31)8-10-19/h3-14,23-25H,15H2,1-2H3,(H,32,35)/t23-,24-,25+/m0/s1. The molecule has 0 bridgehead atoms. The van der Waals surface area contributed by atoms with Crippen molar-refractivity contribution in [1.82, 2.24) is 4.57 Å². The molecule has 3 aromatic carbocycles. The summed E-state index contributed by atoms with van der Waals surface area (Å²) in [5, 5.41) is 2.38. The maximum atomic E-state index is 13.9. The van der Waals surface area contributed by atoms with E-state index < -0.39 is 28.8 Å². The third-order valence-corrected chi connectivity index (χ3v) is 9.85. The fraction of sp³-hybridized carbons (Fsp3) is 0.200. The summed E-state index contributed by atoms with van der Waals surface area (Å²) in [6.45, 7) is 1.63. The van der Waals surface area contributed by atoms with Crippen molar-refractivity contribution in [2.45, 2.75) is 29.7 Å². The van der Waals surface area contributed by atoms with Gasteiger partial charge >= 0.3 is 4.87 Å². The van der Waals surface area contributed by atoms with Gasteiger partial charge in [0.15, 0.2) is 0 Å². The number of thiazole rings is 1. The van der Waals surface area contributed by atoms with Gasteiger partial charge in [-0.3, -0.25) is 23.7 Å². The van der Waals surface area contributed by atoms with Gasteiger partial charge in [-0.25, -0.2) is 9.29 Å². The molecule has 4 aromatic rings. The fourth-order valence-electron chi connectivity index (χ4n) is 5.25. The highest BCUT2D eigenvalue weighted by Crippen LogP contribution is 2.54. The third kappa shape index (κ3) is 4.85. The van der Waals surface area contributed by atoms with Gasteiger partial charge in [-0.15, -0.1) is 0 Å². The van der Waals surface area contributed by atoms with Crippen LogP contribution in [0.2, 0.25) is 0 Å². The number of fused-ring (bicyclic) bond motifs is 2. The van der Waals surface area contributed by atoms with Gasteiger partial charge in [0.05, 0.1) is 23.7 Å². The number of hydrogen-bond acceptors (Lipinski definition) is 7. The molecule has 0 radical (unpaired) electrons. The van der Waals surface area contributed by atoms with Gasteiger partial charge in [0.25, 0.3) is 0 Å². The number of halogens is 1. The van der Waals surface area contributed by atoms with E-state index in [0.29, 0.717) is 27.0 Å². The van der Waals surface area contributed by atoms with Crippen LogP contribution >= 0.6 is 23.1 Å². The van der Waals surface area contributed by atoms with Gasteiger partial charge in [0.2, 0.25) is 17.7 Å². The SMILES string of the molecule is COc1ccc([C@@H]2c3sc(=O)n(CC(=O)Nc4ccc(F)cc4)c3S[C@H]3C(=O)N(c4ccc(C)cc4)C(=O)[C@@H]23)cc1. The molecule has 208 valence electrons. The number of benzene rings is 3. The topological polar surface area (TPSA) is 97.7 Å². The molecule has 6 rings (SSSR count). The van der Waals surface area contributed by atoms with E-state index >= 15 is 0 Å². The number of nitrogens with zero attached hydrogens (tertiary/aromatic N) is 2. The molecule has 0 aliphatic carbocycles. The molecular formula is C30H24FN3O5S2. The second-order valence-electron chi connectivity index (χ2n) is 9.84. The quantitative estimate of drug-likeness (QED) is 0.325. The first-order valence-electron chi connectivity index (χ1n) is 12.8. The van der Waals surface area contributed by atoms with Crippen LogP contribution in [-0.4, -0.2) is 34.6 Å². The van der Waals surface area contributed by atoms with Gasteiger partial charge in [-0.2, -0.15) is 0 Å². The van der Waals surface area contributed by atoms with Crippen molar-refractivity contribution in [3.05, 3.63) is 104 Å². The van der Waals surface area contributed by atoms with Crippen LogP contribution in [0.4, 0.5) is 15.8 Å². The van der Waals surface area contributed by atoms with Gasteiger partial charge in [-0.1, -0.05) is 52.9 Å². The number of thioether (sulfide) groups is 1. The van der Waals surface area contributed by atoms with Crippen LogP contribution < -0.4 is 19.8 Å². The molecule has 41 heavy (non-hydrogen) atoms. The van der Waals surface area contributed by atoms with Crippen molar-refractivity contribution in [3.8, 4) is 5.75 Å². The number of ether oxygens (including phenoxy) is 1. The zero-order chi connectivity index (χ0) is 28.8. The molecule has 11 heteroatoms. The Kier molecular flexibility index (Phi) is 7.00. The number of carbonyl (C=O) groups excluding carboxylic acids is 3. The van der Waals surface area contributed by atoms with Gasteiger partial charge in [0, 0.05) is 16.5 Å². The normalized spacial score (nSPS) is 19.6. The first kappa shape index (κ1) is 27.0. The van der Waals surface area contributed by atoms with Crippen molar-refractivity contribution in [1.29, 1.82) is 0 Å². The summed E-state index contributed by atoms with van der Waals surface area (Å²) in [5.41, 5.74) is 2.65. The van der Waals surface area contributed by atoms with Gasteiger partial charge in [-0.05, 0) is 61.0 Å². The van der Waals surface area contributed by atoms with Crippen LogP contribution in [-0.2, 0) is 20.9 Å². The van der Waals surface area contributed by atoms with E-state index in [-0.39, 0.29) is 23.2 Å². The number of imide groups is 1. The Hall–Kier alpha value is -4.22. The minimum absolute atomic E-state index is 0.300. The summed E-state index contributed by atoms with van der Waals surface area (Å²) in [5.74, 6) is -2.28. The largest absolute Gasteiger partial charge is 0.497 e. The van der Waals surface area contributed by atoms with Crippen molar-refractivity contribution in [3.63, 3.8) is 0 Å². The van der Waals surface area contributed by atoms with Crippen molar-refractivity contribution in [2.24, 2.45) is 5.92 Å². The Morgan fingerprint density at radius 1 is 0.951 bits per heavy atom. The number of carbonyl (C=O) groups is 3. The van der Waals surface area contributed by atoms with Crippen LogP contribution in [0.1, 0.15) is 21.9 Å². The smallest absolute Gasteiger partial charge is 0.308 e. The van der Waals surface area contributed by atoms with E-state index in [1.54, 1.807) is 31.4 Å². The third-order valence-electron chi connectivity index (χ3n) is 7.25. The molecule has 3 atom stereocenters. The van der Waals surface area contributed by atoms with Crippen molar-refractivity contribution in [2.75, 3.05) is 17.3 Å². The monoisotopic (exact) mass is 589 g/mol. The average Bonchev–Trinajstić information content (AvgIpc) is 3.41. The van der Waals surface area contributed by atoms with E-state index in [2.05, 4.69) is 5.32 Å². The highest BCUT2D eigenvalue weighted by molar-refractivity contribution is 8.00. The number of rotatable bonds is 6. The van der Waals surface area contributed by atoms with Crippen LogP contribution in [0.25, 0.3) is 0 Å². The zero-order valence-electron chi connectivity index (χ0n) is 22.0. The Labute approximate surface area is 242 Å². The summed E-state index contributed by atoms with van der Waals surface area (Å²) in [7, 11) is 1.56. The second-order valence-corrected chi connectivity index (χ2v) is 12.0. The Bertz CT molecular complexity index is 1720. The Morgan fingerprint density at radius 3 is 2.29 bits per heavy atom. The number of anilines is 2. The lowest BCUT2D eigenvalue weighted by molar-refractivity contribution is -0.122. The van der Waals surface area contributed by atoms with Gasteiger partial charge < -0.3 is 10.1 Å². The molecule has 3 heterocycles. The first-order valence-corrected chi connectivity index (χ1v) is 14.5. The molecule has 2 aliphatic rings. The highest BCUT2D eigenvalue weighted by atomic mass is 32.2. The molecular weight excluding hydrogens is 565 g/mol. The second kappa shape index (κ2) is 10.6. The Morgan fingerprint density at radius 2 is 1.63 bits per heavy atom. The number of hydrogen-bond donors (Lipinski definition) is 1. The molecule has 0 unspecified atom stereocenters. The van der Waals surface area contributed by atoms with Crippen LogP contribution in [0.3, 0.4) is 0 Å². The van der Waals surface area contributed by atoms with Gasteiger partial charge in [0.1, 0.15) is 23.4 Å². The molecule has 8 nitrogen and oxygen atoms in total. The summed E-state index contributed by atoms with van der Waals surface area (Å²) in [6, 6.07) is 19.7. The summed E-state index contributed by atoms with van der Waals surface area (Å²) in [4.78, 5) is 55.4. The molecule has 0 saturated carbocycles. The van der Waals surface area contributed by atoms with E-state index in [9.17, 15) is 23.6 Å². The van der Waals surface area contributed by atoms with E-state index in [0.717, 1.165) is 34.2 Å². The number of aromatic nitrogens is 1. The molecule has 1 fully saturated rings. The van der Waals surface area contributed by atoms with Crippen LogP contribution in [0.5, 0.6) is 5.75 Å². The predicted octanol–water partition coefficient (Wildman–Crippen LogP) is 4.80. The number of nitrogens with one attached hydrogen (secondary N) is 1.